The first kappa shape index (κ1) is 8.92. The van der Waals surface area contributed by atoms with Crippen LogP contribution >= 0.6 is 0 Å². The second-order valence-electron chi connectivity index (χ2n) is 2.31. The van der Waals surface area contributed by atoms with E-state index in [2.05, 4.69) is 13.8 Å². The highest BCUT2D eigenvalue weighted by atomic mass is 16.7. The van der Waals surface area contributed by atoms with Crippen LogP contribution in [0.15, 0.2) is 0 Å². The average Bonchev–Trinajstić information content (AvgIpc) is 1.82. The molecule has 0 aromatic carbocycles. The van der Waals surface area contributed by atoms with E-state index in [1.807, 2.05) is 0 Å². The molecule has 0 aromatic rings. The average molecular weight is 131 g/mol. The van der Waals surface area contributed by atoms with E-state index in [0.717, 1.165) is 6.42 Å². The van der Waals surface area contributed by atoms with Gasteiger partial charge in [0.15, 0.2) is 6.29 Å². The lowest BCUT2D eigenvalue weighted by molar-refractivity contribution is -0.103. The van der Waals surface area contributed by atoms with Crippen molar-refractivity contribution in [3.8, 4) is 0 Å². The first-order chi connectivity index (χ1) is 4.20. The summed E-state index contributed by atoms with van der Waals surface area (Å²) in [6, 6.07) is 0. The summed E-state index contributed by atoms with van der Waals surface area (Å²) in [5.41, 5.74) is 0. The van der Waals surface area contributed by atoms with Crippen molar-refractivity contribution in [2.75, 3.05) is 14.2 Å². The molecule has 2 nitrogen and oxygen atoms in total. The van der Waals surface area contributed by atoms with E-state index in [1.165, 1.54) is 5.92 Å². The number of hydrogen-bond acceptors (Lipinski definition) is 2. The zero-order chi connectivity index (χ0) is 7.28. The van der Waals surface area contributed by atoms with Crippen LogP contribution in [0.4, 0.5) is 0 Å². The molecule has 0 saturated carbocycles. The lowest BCUT2D eigenvalue weighted by Crippen LogP contribution is -2.14. The maximum atomic E-state index is 4.97. The lowest BCUT2D eigenvalue weighted by atomic mass is 10.1. The monoisotopic (exact) mass is 131 g/mol. The Kier molecular flexibility index (Phi) is 4.72. The van der Waals surface area contributed by atoms with Crippen molar-refractivity contribution in [1.82, 2.24) is 0 Å². The third kappa shape index (κ3) is 4.43. The molecule has 0 aliphatic rings. The van der Waals surface area contributed by atoms with Crippen molar-refractivity contribution in [2.45, 2.75) is 26.6 Å². The Morgan fingerprint density at radius 3 is 1.78 bits per heavy atom. The standard InChI is InChI=1S/C7H15O2/c1-6(2)5-7(8-3)9-4/h7H,5H2,1-4H3. The maximum Gasteiger partial charge on any atom is 0.157 e. The predicted octanol–water partition coefficient (Wildman–Crippen LogP) is 1.61. The van der Waals surface area contributed by atoms with Gasteiger partial charge in [-0.25, -0.2) is 0 Å². The zero-order valence-electron chi connectivity index (χ0n) is 6.60. The Labute approximate surface area is 57.2 Å². The van der Waals surface area contributed by atoms with Crippen LogP contribution in [-0.2, 0) is 9.47 Å². The first-order valence-electron chi connectivity index (χ1n) is 3.05. The Morgan fingerprint density at radius 2 is 1.67 bits per heavy atom. The molecule has 0 bridgehead atoms. The number of methoxy groups -OCH3 is 2. The van der Waals surface area contributed by atoms with E-state index in [0.29, 0.717) is 0 Å². The normalized spacial score (nSPS) is 11.3. The molecule has 0 rings (SSSR count). The van der Waals surface area contributed by atoms with Gasteiger partial charge in [-0.15, -0.1) is 0 Å². The van der Waals surface area contributed by atoms with Crippen molar-refractivity contribution < 1.29 is 9.47 Å². The Hall–Kier alpha value is -0.0800. The molecule has 0 heterocycles. The Morgan fingerprint density at radius 1 is 1.22 bits per heavy atom. The van der Waals surface area contributed by atoms with Crippen LogP contribution in [0.3, 0.4) is 0 Å². The summed E-state index contributed by atoms with van der Waals surface area (Å²) >= 11 is 0. The highest BCUT2D eigenvalue weighted by Crippen LogP contribution is 2.08. The summed E-state index contributed by atoms with van der Waals surface area (Å²) in [5, 5.41) is 0. The van der Waals surface area contributed by atoms with Crippen molar-refractivity contribution >= 4 is 0 Å². The van der Waals surface area contributed by atoms with Gasteiger partial charge in [0.2, 0.25) is 0 Å². The van der Waals surface area contributed by atoms with E-state index in [1.54, 1.807) is 14.2 Å². The Bertz CT molecular complexity index is 57.9. The van der Waals surface area contributed by atoms with Gasteiger partial charge in [-0.3, -0.25) is 0 Å². The summed E-state index contributed by atoms with van der Waals surface area (Å²) in [7, 11) is 3.30. The summed E-state index contributed by atoms with van der Waals surface area (Å²) < 4.78 is 9.93. The van der Waals surface area contributed by atoms with Crippen LogP contribution in [0.5, 0.6) is 0 Å². The summed E-state index contributed by atoms with van der Waals surface area (Å²) in [6.45, 7) is 4.12. The largest absolute Gasteiger partial charge is 0.356 e. The molecule has 55 valence electrons. The predicted molar refractivity (Wildman–Crippen MR) is 37.0 cm³/mol. The fourth-order valence-corrected chi connectivity index (χ4v) is 0.596. The van der Waals surface area contributed by atoms with Crippen LogP contribution in [0.2, 0.25) is 0 Å². The second-order valence-corrected chi connectivity index (χ2v) is 2.31. The Balaban J connectivity index is 3.31. The van der Waals surface area contributed by atoms with E-state index in [-0.39, 0.29) is 6.29 Å². The van der Waals surface area contributed by atoms with Gasteiger partial charge >= 0.3 is 0 Å². The number of hydrogen-bond donors (Lipinski definition) is 0. The van der Waals surface area contributed by atoms with Crippen LogP contribution in [0.25, 0.3) is 0 Å². The molecule has 0 spiro atoms. The SMILES string of the molecule is COC(C[C](C)C)OC. The van der Waals surface area contributed by atoms with E-state index >= 15 is 0 Å². The highest BCUT2D eigenvalue weighted by Gasteiger charge is 2.06. The van der Waals surface area contributed by atoms with E-state index < -0.39 is 0 Å². The quantitative estimate of drug-likeness (QED) is 0.540. The van der Waals surface area contributed by atoms with Crippen LogP contribution < -0.4 is 0 Å². The molecule has 9 heavy (non-hydrogen) atoms. The fraction of sp³-hybridized carbons (Fsp3) is 0.857. The van der Waals surface area contributed by atoms with Crippen LogP contribution in [0.1, 0.15) is 20.3 Å². The molecule has 0 aliphatic carbocycles. The van der Waals surface area contributed by atoms with Gasteiger partial charge < -0.3 is 9.47 Å². The van der Waals surface area contributed by atoms with Gasteiger partial charge in [0.1, 0.15) is 0 Å². The van der Waals surface area contributed by atoms with Crippen molar-refractivity contribution in [3.63, 3.8) is 0 Å². The minimum Gasteiger partial charge on any atom is -0.356 e. The third-order valence-electron chi connectivity index (χ3n) is 1.10. The molecular formula is C7H15O2. The van der Waals surface area contributed by atoms with Gasteiger partial charge in [0, 0.05) is 20.6 Å². The molecule has 0 N–H and O–H groups in total. The van der Waals surface area contributed by atoms with Crippen molar-refractivity contribution in [1.29, 1.82) is 0 Å². The van der Waals surface area contributed by atoms with Gasteiger partial charge in [-0.1, -0.05) is 13.8 Å². The molecule has 0 saturated heterocycles. The molecule has 0 fully saturated rings. The van der Waals surface area contributed by atoms with Gasteiger partial charge in [0.05, 0.1) is 0 Å². The minimum atomic E-state index is -0.0602. The summed E-state index contributed by atoms with van der Waals surface area (Å²) in [5.74, 6) is 1.32. The summed E-state index contributed by atoms with van der Waals surface area (Å²) in [4.78, 5) is 0. The topological polar surface area (TPSA) is 18.5 Å². The smallest absolute Gasteiger partial charge is 0.157 e. The summed E-state index contributed by atoms with van der Waals surface area (Å²) in [6.07, 6.45) is 0.822. The van der Waals surface area contributed by atoms with Gasteiger partial charge in [-0.2, -0.15) is 0 Å². The maximum absolute atomic E-state index is 4.97. The van der Waals surface area contributed by atoms with Gasteiger partial charge in [0.25, 0.3) is 0 Å². The van der Waals surface area contributed by atoms with Gasteiger partial charge in [-0.05, 0) is 5.92 Å². The van der Waals surface area contributed by atoms with E-state index in [4.69, 9.17) is 9.47 Å². The molecule has 1 radical (unpaired) electrons. The molecule has 2 heteroatoms. The zero-order valence-corrected chi connectivity index (χ0v) is 6.60. The fourth-order valence-electron chi connectivity index (χ4n) is 0.596. The van der Waals surface area contributed by atoms with Crippen LogP contribution in [0, 0.1) is 5.92 Å². The molecule has 0 unspecified atom stereocenters. The molecule has 0 aliphatic heterocycles. The number of rotatable bonds is 4. The van der Waals surface area contributed by atoms with Crippen molar-refractivity contribution in [3.05, 3.63) is 5.92 Å². The molecule has 0 amide bonds. The first-order valence-corrected chi connectivity index (χ1v) is 3.05. The second kappa shape index (κ2) is 4.77. The lowest BCUT2D eigenvalue weighted by Gasteiger charge is -2.14. The molecular weight excluding hydrogens is 116 g/mol. The minimum absolute atomic E-state index is 0.0602. The molecule has 0 aromatic heterocycles. The van der Waals surface area contributed by atoms with E-state index in [9.17, 15) is 0 Å². The molecule has 0 atom stereocenters. The van der Waals surface area contributed by atoms with Crippen molar-refractivity contribution in [2.24, 2.45) is 0 Å². The third-order valence-corrected chi connectivity index (χ3v) is 1.10. The number of ether oxygens (including phenoxy) is 2. The highest BCUT2D eigenvalue weighted by molar-refractivity contribution is 4.77. The van der Waals surface area contributed by atoms with Crippen LogP contribution in [-0.4, -0.2) is 20.5 Å².